The molecule has 0 aliphatic carbocycles. The molecule has 2 aromatic heterocycles. The van der Waals surface area contributed by atoms with Gasteiger partial charge >= 0.3 is 5.69 Å². The van der Waals surface area contributed by atoms with Crippen LogP contribution in [-0.4, -0.2) is 44.6 Å². The number of fused-ring (bicyclic) bond motifs is 1. The molecule has 0 bridgehead atoms. The van der Waals surface area contributed by atoms with E-state index in [1.165, 1.54) is 24.7 Å². The first-order valence-electron chi connectivity index (χ1n) is 10.0. The Morgan fingerprint density at radius 1 is 1.03 bits per heavy atom. The number of pyridine rings is 1. The van der Waals surface area contributed by atoms with Crippen LogP contribution in [0.4, 0.5) is 0 Å². The van der Waals surface area contributed by atoms with Gasteiger partial charge in [-0.2, -0.15) is 0 Å². The van der Waals surface area contributed by atoms with Crippen LogP contribution in [0.2, 0.25) is 0 Å². The number of carbonyl (C=O) groups is 1. The topological polar surface area (TPSA) is 89.2 Å². The quantitative estimate of drug-likeness (QED) is 0.638. The standard InChI is InChI=1S/C22H27N5O3/c1-5-27(6-2)14-18(15-10-8-7-9-11-15)24-20(28)17-13-12-16-19(23-17)25(3)22(30)26(4)21(16)29/h7-13,18H,5-6,14H2,1-4H3,(H,24,28). The minimum absolute atomic E-state index is 0.159. The van der Waals surface area contributed by atoms with E-state index < -0.39 is 11.2 Å². The number of rotatable bonds is 7. The Hall–Kier alpha value is -3.26. The van der Waals surface area contributed by atoms with Crippen molar-refractivity contribution in [1.29, 1.82) is 0 Å². The Morgan fingerprint density at radius 3 is 2.33 bits per heavy atom. The van der Waals surface area contributed by atoms with Crippen LogP contribution in [0, 0.1) is 0 Å². The fourth-order valence-electron chi connectivity index (χ4n) is 3.47. The van der Waals surface area contributed by atoms with Gasteiger partial charge in [-0.1, -0.05) is 44.2 Å². The predicted octanol–water partition coefficient (Wildman–Crippen LogP) is 1.45. The Bertz CT molecular complexity index is 1160. The fourth-order valence-corrected chi connectivity index (χ4v) is 3.47. The number of hydrogen-bond donors (Lipinski definition) is 1. The summed E-state index contributed by atoms with van der Waals surface area (Å²) in [7, 11) is 2.95. The van der Waals surface area contributed by atoms with Crippen LogP contribution in [0.5, 0.6) is 0 Å². The molecule has 0 aliphatic heterocycles. The minimum atomic E-state index is -0.485. The van der Waals surface area contributed by atoms with Crippen LogP contribution in [-0.2, 0) is 14.1 Å². The number of carbonyl (C=O) groups excluding carboxylic acids is 1. The van der Waals surface area contributed by atoms with E-state index in [4.69, 9.17) is 0 Å². The zero-order valence-corrected chi connectivity index (χ0v) is 17.8. The number of aryl methyl sites for hydroxylation is 1. The minimum Gasteiger partial charge on any atom is -0.343 e. The molecule has 1 N–H and O–H groups in total. The van der Waals surface area contributed by atoms with E-state index in [0.717, 1.165) is 23.2 Å². The molecule has 0 spiro atoms. The molecule has 1 amide bonds. The zero-order chi connectivity index (χ0) is 21.8. The van der Waals surface area contributed by atoms with E-state index in [0.29, 0.717) is 11.9 Å². The van der Waals surface area contributed by atoms with E-state index in [9.17, 15) is 14.4 Å². The molecule has 1 unspecified atom stereocenters. The summed E-state index contributed by atoms with van der Waals surface area (Å²) in [6.07, 6.45) is 0. The highest BCUT2D eigenvalue weighted by Gasteiger charge is 2.20. The number of nitrogens with zero attached hydrogens (tertiary/aromatic N) is 4. The summed E-state index contributed by atoms with van der Waals surface area (Å²) >= 11 is 0. The van der Waals surface area contributed by atoms with Gasteiger partial charge in [0.1, 0.15) is 11.3 Å². The van der Waals surface area contributed by atoms with E-state index in [-0.39, 0.29) is 23.3 Å². The largest absolute Gasteiger partial charge is 0.343 e. The molecular weight excluding hydrogens is 382 g/mol. The third-order valence-electron chi connectivity index (χ3n) is 5.38. The highest BCUT2D eigenvalue weighted by atomic mass is 16.2. The summed E-state index contributed by atoms with van der Waals surface area (Å²) in [6, 6.07) is 12.6. The lowest BCUT2D eigenvalue weighted by Gasteiger charge is -2.26. The number of nitrogens with one attached hydrogen (secondary N) is 1. The molecule has 3 rings (SSSR count). The van der Waals surface area contributed by atoms with Crippen molar-refractivity contribution in [2.24, 2.45) is 14.1 Å². The van der Waals surface area contributed by atoms with Gasteiger partial charge in [0.15, 0.2) is 0 Å². The van der Waals surface area contributed by atoms with Crippen molar-refractivity contribution >= 4 is 16.9 Å². The molecular formula is C22H27N5O3. The van der Waals surface area contributed by atoms with Crippen molar-refractivity contribution < 1.29 is 4.79 Å². The molecule has 8 nitrogen and oxygen atoms in total. The van der Waals surface area contributed by atoms with Crippen molar-refractivity contribution in [2.75, 3.05) is 19.6 Å². The zero-order valence-electron chi connectivity index (χ0n) is 17.8. The molecule has 158 valence electrons. The first kappa shape index (κ1) is 21.4. The van der Waals surface area contributed by atoms with Crippen molar-refractivity contribution in [3.05, 3.63) is 74.6 Å². The van der Waals surface area contributed by atoms with Gasteiger partial charge in [0.2, 0.25) is 0 Å². The molecule has 3 aromatic rings. The number of aromatic nitrogens is 3. The molecule has 30 heavy (non-hydrogen) atoms. The molecule has 1 aromatic carbocycles. The van der Waals surface area contributed by atoms with Gasteiger partial charge in [0.25, 0.3) is 11.5 Å². The summed E-state index contributed by atoms with van der Waals surface area (Å²) in [5.74, 6) is -0.356. The molecule has 2 heterocycles. The average molecular weight is 409 g/mol. The van der Waals surface area contributed by atoms with Crippen LogP contribution in [0.25, 0.3) is 11.0 Å². The Labute approximate surface area is 174 Å². The summed E-state index contributed by atoms with van der Waals surface area (Å²) in [5.41, 5.74) is 0.430. The van der Waals surface area contributed by atoms with Crippen LogP contribution >= 0.6 is 0 Å². The lowest BCUT2D eigenvalue weighted by molar-refractivity contribution is 0.0920. The summed E-state index contributed by atoms with van der Waals surface area (Å²) < 4.78 is 2.30. The van der Waals surface area contributed by atoms with Crippen molar-refractivity contribution in [2.45, 2.75) is 19.9 Å². The number of amides is 1. The SMILES string of the molecule is CCN(CC)CC(NC(=O)c1ccc2c(=O)n(C)c(=O)n(C)c2n1)c1ccccc1. The molecule has 0 radical (unpaired) electrons. The van der Waals surface area contributed by atoms with Crippen molar-refractivity contribution in [3.63, 3.8) is 0 Å². The second kappa shape index (κ2) is 9.04. The van der Waals surface area contributed by atoms with E-state index in [1.807, 2.05) is 30.3 Å². The first-order valence-corrected chi connectivity index (χ1v) is 10.0. The van der Waals surface area contributed by atoms with Crippen LogP contribution in [0.3, 0.4) is 0 Å². The monoisotopic (exact) mass is 409 g/mol. The molecule has 0 fully saturated rings. The lowest BCUT2D eigenvalue weighted by atomic mass is 10.1. The van der Waals surface area contributed by atoms with E-state index in [1.54, 1.807) is 6.07 Å². The van der Waals surface area contributed by atoms with Crippen LogP contribution in [0.15, 0.2) is 52.1 Å². The van der Waals surface area contributed by atoms with Gasteiger partial charge in [0, 0.05) is 20.6 Å². The van der Waals surface area contributed by atoms with Gasteiger partial charge < -0.3 is 10.2 Å². The van der Waals surface area contributed by atoms with Gasteiger partial charge in [-0.15, -0.1) is 0 Å². The number of hydrogen-bond acceptors (Lipinski definition) is 5. The van der Waals surface area contributed by atoms with E-state index >= 15 is 0 Å². The highest BCUT2D eigenvalue weighted by Crippen LogP contribution is 2.16. The predicted molar refractivity (Wildman–Crippen MR) is 117 cm³/mol. The molecule has 0 saturated heterocycles. The van der Waals surface area contributed by atoms with Crippen LogP contribution < -0.4 is 16.6 Å². The summed E-state index contributed by atoms with van der Waals surface area (Å²) in [6.45, 7) is 6.57. The second-order valence-corrected chi connectivity index (χ2v) is 7.20. The number of likely N-dealkylation sites (N-methyl/N-ethyl adjacent to an activating group) is 1. The maximum atomic E-state index is 13.0. The normalized spacial score (nSPS) is 12.3. The number of benzene rings is 1. The van der Waals surface area contributed by atoms with Gasteiger partial charge in [-0.3, -0.25) is 18.7 Å². The maximum absolute atomic E-state index is 13.0. The Kier molecular flexibility index (Phi) is 6.47. The third-order valence-corrected chi connectivity index (χ3v) is 5.38. The Morgan fingerprint density at radius 2 is 1.70 bits per heavy atom. The highest BCUT2D eigenvalue weighted by molar-refractivity contribution is 5.94. The lowest BCUT2D eigenvalue weighted by Crippen LogP contribution is -2.39. The molecule has 0 aliphatic rings. The Balaban J connectivity index is 1.96. The van der Waals surface area contributed by atoms with Gasteiger partial charge in [0.05, 0.1) is 11.4 Å². The average Bonchev–Trinajstić information content (AvgIpc) is 2.79. The second-order valence-electron chi connectivity index (χ2n) is 7.20. The van der Waals surface area contributed by atoms with E-state index in [2.05, 4.69) is 29.0 Å². The molecule has 0 saturated carbocycles. The molecule has 1 atom stereocenters. The third kappa shape index (κ3) is 4.18. The summed E-state index contributed by atoms with van der Waals surface area (Å²) in [4.78, 5) is 44.1. The van der Waals surface area contributed by atoms with Crippen molar-refractivity contribution in [3.8, 4) is 0 Å². The smallest absolute Gasteiger partial charge is 0.332 e. The fraction of sp³-hybridized carbons (Fsp3) is 0.364. The first-order chi connectivity index (χ1) is 14.4. The summed E-state index contributed by atoms with van der Waals surface area (Å²) in [5, 5.41) is 3.35. The van der Waals surface area contributed by atoms with Crippen LogP contribution in [0.1, 0.15) is 35.9 Å². The molecule has 8 heteroatoms. The van der Waals surface area contributed by atoms with Gasteiger partial charge in [-0.25, -0.2) is 9.78 Å². The maximum Gasteiger partial charge on any atom is 0.332 e. The van der Waals surface area contributed by atoms with Gasteiger partial charge in [-0.05, 0) is 30.8 Å². The van der Waals surface area contributed by atoms with Crippen molar-refractivity contribution in [1.82, 2.24) is 24.3 Å².